The highest BCUT2D eigenvalue weighted by molar-refractivity contribution is 14.1. The lowest BCUT2D eigenvalue weighted by molar-refractivity contribution is 0.975. The van der Waals surface area contributed by atoms with Gasteiger partial charge in [0.1, 0.15) is 0 Å². The fraction of sp³-hybridized carbons (Fsp3) is 0.300. The number of hydrogen-bond acceptors (Lipinski definition) is 2. The molecule has 0 aliphatic rings. The molecular weight excluding hydrogens is 293 g/mol. The number of hydrogen-bond donors (Lipinski definition) is 0. The Kier molecular flexibility index (Phi) is 4.60. The van der Waals surface area contributed by atoms with Crippen molar-refractivity contribution in [2.75, 3.05) is 6.26 Å². The van der Waals surface area contributed by atoms with Crippen LogP contribution < -0.4 is 0 Å². The van der Waals surface area contributed by atoms with Gasteiger partial charge in [0.05, 0.1) is 6.07 Å². The monoisotopic (exact) mass is 303 g/mol. The minimum atomic E-state index is 0.605. The standard InChI is InChI=1S/C10H10INS/c1-13-10-8(5-3-7-12)4-2-6-9(10)11/h2,4,6H,3,5H2,1H3. The summed E-state index contributed by atoms with van der Waals surface area (Å²) < 4.78 is 1.28. The molecular formula is C10H10INS. The second-order valence-electron chi connectivity index (χ2n) is 2.59. The van der Waals surface area contributed by atoms with Crippen LogP contribution in [0.1, 0.15) is 12.0 Å². The molecule has 1 aromatic rings. The van der Waals surface area contributed by atoms with Crippen LogP contribution in [-0.2, 0) is 6.42 Å². The van der Waals surface area contributed by atoms with Gasteiger partial charge in [0.2, 0.25) is 0 Å². The molecule has 0 aromatic heterocycles. The molecule has 0 unspecified atom stereocenters. The molecule has 0 saturated carbocycles. The zero-order valence-electron chi connectivity index (χ0n) is 7.38. The van der Waals surface area contributed by atoms with Crippen LogP contribution in [-0.4, -0.2) is 6.26 Å². The molecule has 0 amide bonds. The lowest BCUT2D eigenvalue weighted by Gasteiger charge is -2.06. The molecule has 0 fully saturated rings. The maximum atomic E-state index is 8.50. The molecule has 0 aliphatic heterocycles. The molecule has 0 atom stereocenters. The van der Waals surface area contributed by atoms with Crippen molar-refractivity contribution < 1.29 is 0 Å². The topological polar surface area (TPSA) is 23.8 Å². The molecule has 1 nitrogen and oxygen atoms in total. The third-order valence-electron chi connectivity index (χ3n) is 1.76. The summed E-state index contributed by atoms with van der Waals surface area (Å²) in [4.78, 5) is 1.32. The van der Waals surface area contributed by atoms with E-state index in [1.807, 2.05) is 6.07 Å². The molecule has 1 rings (SSSR count). The third-order valence-corrected chi connectivity index (χ3v) is 3.91. The Morgan fingerprint density at radius 1 is 1.54 bits per heavy atom. The first-order valence-electron chi connectivity index (χ1n) is 3.98. The van der Waals surface area contributed by atoms with Crippen molar-refractivity contribution in [3.05, 3.63) is 27.3 Å². The molecule has 3 heteroatoms. The predicted octanol–water partition coefficient (Wildman–Crippen LogP) is 3.47. The van der Waals surface area contributed by atoms with E-state index in [9.17, 15) is 0 Å². The second kappa shape index (κ2) is 5.51. The second-order valence-corrected chi connectivity index (χ2v) is 4.57. The van der Waals surface area contributed by atoms with Gasteiger partial charge in [-0.15, -0.1) is 11.8 Å². The average molecular weight is 303 g/mol. The van der Waals surface area contributed by atoms with E-state index >= 15 is 0 Å². The Morgan fingerprint density at radius 2 is 2.31 bits per heavy atom. The van der Waals surface area contributed by atoms with Gasteiger partial charge in [-0.1, -0.05) is 12.1 Å². The van der Waals surface area contributed by atoms with Crippen LogP contribution in [0, 0.1) is 14.9 Å². The predicted molar refractivity (Wildman–Crippen MR) is 64.9 cm³/mol. The van der Waals surface area contributed by atoms with Crippen molar-refractivity contribution in [3.8, 4) is 6.07 Å². The van der Waals surface area contributed by atoms with E-state index in [1.54, 1.807) is 11.8 Å². The summed E-state index contributed by atoms with van der Waals surface area (Å²) >= 11 is 4.09. The van der Waals surface area contributed by atoms with E-state index in [4.69, 9.17) is 5.26 Å². The summed E-state index contributed by atoms with van der Waals surface area (Å²) in [5, 5.41) is 8.50. The number of nitriles is 1. The molecule has 0 heterocycles. The molecule has 1 aromatic carbocycles. The number of halogens is 1. The van der Waals surface area contributed by atoms with Gasteiger partial charge in [-0.2, -0.15) is 5.26 Å². The summed E-state index contributed by atoms with van der Waals surface area (Å²) in [6.07, 6.45) is 3.55. The van der Waals surface area contributed by atoms with Crippen molar-refractivity contribution in [3.63, 3.8) is 0 Å². The first-order valence-corrected chi connectivity index (χ1v) is 6.28. The number of benzene rings is 1. The third kappa shape index (κ3) is 2.89. The maximum absolute atomic E-state index is 8.50. The summed E-state index contributed by atoms with van der Waals surface area (Å²) in [7, 11) is 0. The van der Waals surface area contributed by atoms with Gasteiger partial charge in [0.25, 0.3) is 0 Å². The number of thioether (sulfide) groups is 1. The van der Waals surface area contributed by atoms with Crippen LogP contribution in [0.15, 0.2) is 23.1 Å². The van der Waals surface area contributed by atoms with E-state index < -0.39 is 0 Å². The van der Waals surface area contributed by atoms with Crippen molar-refractivity contribution in [2.45, 2.75) is 17.7 Å². The highest BCUT2D eigenvalue weighted by atomic mass is 127. The molecule has 0 radical (unpaired) electrons. The average Bonchev–Trinajstić information content (AvgIpc) is 2.15. The van der Waals surface area contributed by atoms with E-state index in [0.29, 0.717) is 6.42 Å². The van der Waals surface area contributed by atoms with Crippen molar-refractivity contribution in [2.24, 2.45) is 0 Å². The molecule has 68 valence electrons. The van der Waals surface area contributed by atoms with Crippen molar-refractivity contribution in [1.29, 1.82) is 5.26 Å². The minimum absolute atomic E-state index is 0.605. The van der Waals surface area contributed by atoms with E-state index in [0.717, 1.165) is 6.42 Å². The smallest absolute Gasteiger partial charge is 0.0625 e. The van der Waals surface area contributed by atoms with Crippen LogP contribution in [0.5, 0.6) is 0 Å². The van der Waals surface area contributed by atoms with Gasteiger partial charge < -0.3 is 0 Å². The van der Waals surface area contributed by atoms with Gasteiger partial charge in [-0.3, -0.25) is 0 Å². The van der Waals surface area contributed by atoms with Crippen molar-refractivity contribution in [1.82, 2.24) is 0 Å². The quantitative estimate of drug-likeness (QED) is 0.630. The molecule has 0 N–H and O–H groups in total. The first kappa shape index (κ1) is 10.9. The van der Waals surface area contributed by atoms with E-state index in [1.165, 1.54) is 14.0 Å². The van der Waals surface area contributed by atoms with Crippen LogP contribution in [0.25, 0.3) is 0 Å². The van der Waals surface area contributed by atoms with Gasteiger partial charge in [0.15, 0.2) is 0 Å². The Hall–Kier alpha value is -0.210. The maximum Gasteiger partial charge on any atom is 0.0625 e. The van der Waals surface area contributed by atoms with Gasteiger partial charge in [0, 0.05) is 14.9 Å². The first-order chi connectivity index (χ1) is 6.29. The van der Waals surface area contributed by atoms with Crippen LogP contribution in [0.2, 0.25) is 0 Å². The summed E-state index contributed by atoms with van der Waals surface area (Å²) in [5.74, 6) is 0. The van der Waals surface area contributed by atoms with Gasteiger partial charge in [-0.25, -0.2) is 0 Å². The highest BCUT2D eigenvalue weighted by Crippen LogP contribution is 2.26. The molecule has 0 aliphatic carbocycles. The minimum Gasteiger partial charge on any atom is -0.198 e. The molecule has 0 spiro atoms. The van der Waals surface area contributed by atoms with Crippen LogP contribution in [0.4, 0.5) is 0 Å². The highest BCUT2D eigenvalue weighted by Gasteiger charge is 2.04. The van der Waals surface area contributed by atoms with E-state index in [2.05, 4.69) is 47.0 Å². The van der Waals surface area contributed by atoms with Crippen LogP contribution >= 0.6 is 34.4 Å². The fourth-order valence-corrected chi connectivity index (χ4v) is 3.08. The lowest BCUT2D eigenvalue weighted by atomic mass is 10.1. The summed E-state index contributed by atoms with van der Waals surface area (Å²) in [6.45, 7) is 0. The lowest BCUT2D eigenvalue weighted by Crippen LogP contribution is -1.90. The van der Waals surface area contributed by atoms with E-state index in [-0.39, 0.29) is 0 Å². The number of rotatable bonds is 3. The fourth-order valence-electron chi connectivity index (χ4n) is 1.17. The number of aryl methyl sites for hydroxylation is 1. The van der Waals surface area contributed by atoms with Crippen molar-refractivity contribution >= 4 is 34.4 Å². The zero-order valence-corrected chi connectivity index (χ0v) is 10.4. The Labute approximate surface area is 96.7 Å². The Bertz CT molecular complexity index is 330. The largest absolute Gasteiger partial charge is 0.198 e. The Morgan fingerprint density at radius 3 is 2.92 bits per heavy atom. The normalized spacial score (nSPS) is 9.62. The Balaban J connectivity index is 2.93. The molecule has 0 saturated heterocycles. The van der Waals surface area contributed by atoms with Crippen LogP contribution in [0.3, 0.4) is 0 Å². The van der Waals surface area contributed by atoms with Gasteiger partial charge in [-0.05, 0) is 46.9 Å². The van der Waals surface area contributed by atoms with Gasteiger partial charge >= 0.3 is 0 Å². The SMILES string of the molecule is CSc1c(I)cccc1CCC#N. The zero-order chi connectivity index (χ0) is 9.68. The summed E-state index contributed by atoms with van der Waals surface area (Å²) in [6, 6.07) is 8.43. The number of nitrogens with zero attached hydrogens (tertiary/aromatic N) is 1. The molecule has 13 heavy (non-hydrogen) atoms. The molecule has 0 bridgehead atoms. The summed E-state index contributed by atoms with van der Waals surface area (Å²) in [5.41, 5.74) is 1.29.